The number of aryl methyl sites for hydroxylation is 2. The highest BCUT2D eigenvalue weighted by atomic mass is 16.5. The first-order chi connectivity index (χ1) is 14.5. The molecule has 1 amide bonds. The van der Waals surface area contributed by atoms with Gasteiger partial charge >= 0.3 is 0 Å². The highest BCUT2D eigenvalue weighted by Crippen LogP contribution is 2.28. The van der Waals surface area contributed by atoms with Crippen molar-refractivity contribution in [3.63, 3.8) is 0 Å². The van der Waals surface area contributed by atoms with Gasteiger partial charge in [-0.1, -0.05) is 63.6 Å². The van der Waals surface area contributed by atoms with Gasteiger partial charge < -0.3 is 10.1 Å². The summed E-state index contributed by atoms with van der Waals surface area (Å²) in [5.41, 5.74) is 5.83. The van der Waals surface area contributed by atoms with E-state index in [1.54, 1.807) is 6.92 Å². The molecule has 3 nitrogen and oxygen atoms in total. The number of ether oxygens (including phenoxy) is 1. The zero-order valence-corrected chi connectivity index (χ0v) is 18.9. The molecule has 2 rings (SSSR count). The SMILES string of the molecule is C=C(C)C(=O)NCCCCOc1ccc(-c2ccc(CCCCC)cc2)c(CC)c1. The molecule has 0 unspecified atom stereocenters. The van der Waals surface area contributed by atoms with E-state index in [2.05, 4.69) is 68.2 Å². The van der Waals surface area contributed by atoms with Crippen molar-refractivity contribution in [1.29, 1.82) is 0 Å². The van der Waals surface area contributed by atoms with E-state index in [9.17, 15) is 4.79 Å². The van der Waals surface area contributed by atoms with Crippen molar-refractivity contribution in [2.45, 2.75) is 65.7 Å². The van der Waals surface area contributed by atoms with Gasteiger partial charge in [-0.15, -0.1) is 0 Å². The lowest BCUT2D eigenvalue weighted by molar-refractivity contribution is -0.117. The molecule has 1 N–H and O–H groups in total. The average molecular weight is 408 g/mol. The van der Waals surface area contributed by atoms with Gasteiger partial charge in [0.1, 0.15) is 5.75 Å². The fraction of sp³-hybridized carbons (Fsp3) is 0.444. The van der Waals surface area contributed by atoms with E-state index in [4.69, 9.17) is 4.74 Å². The second kappa shape index (κ2) is 12.9. The van der Waals surface area contributed by atoms with E-state index in [1.807, 2.05) is 0 Å². The summed E-state index contributed by atoms with van der Waals surface area (Å²) in [4.78, 5) is 11.5. The van der Waals surface area contributed by atoms with Gasteiger partial charge in [-0.25, -0.2) is 0 Å². The summed E-state index contributed by atoms with van der Waals surface area (Å²) in [6, 6.07) is 15.4. The summed E-state index contributed by atoms with van der Waals surface area (Å²) < 4.78 is 5.94. The summed E-state index contributed by atoms with van der Waals surface area (Å²) in [5.74, 6) is 0.839. The Bertz CT molecular complexity index is 808. The average Bonchev–Trinajstić information content (AvgIpc) is 2.76. The van der Waals surface area contributed by atoms with Gasteiger partial charge in [0.2, 0.25) is 5.91 Å². The van der Waals surface area contributed by atoms with Gasteiger partial charge in [0.15, 0.2) is 0 Å². The van der Waals surface area contributed by atoms with E-state index >= 15 is 0 Å². The Morgan fingerprint density at radius 3 is 2.43 bits per heavy atom. The Hall–Kier alpha value is -2.55. The normalized spacial score (nSPS) is 10.6. The molecule has 0 bridgehead atoms. The van der Waals surface area contributed by atoms with Gasteiger partial charge in [0.05, 0.1) is 6.61 Å². The summed E-state index contributed by atoms with van der Waals surface area (Å²) in [6.45, 7) is 11.1. The van der Waals surface area contributed by atoms with Crippen LogP contribution in [0.3, 0.4) is 0 Å². The fourth-order valence-electron chi connectivity index (χ4n) is 3.43. The number of hydrogen-bond acceptors (Lipinski definition) is 2. The standard InChI is InChI=1S/C27H37NO2/c1-5-7-8-11-22-12-14-24(15-13-22)26-17-16-25(20-23(26)6-2)30-19-10-9-18-28-27(29)21(3)4/h12-17,20H,3,5-11,18-19H2,1-2,4H3,(H,28,29). The number of hydrogen-bond donors (Lipinski definition) is 1. The third kappa shape index (κ3) is 7.70. The van der Waals surface area contributed by atoms with Gasteiger partial charge in [-0.2, -0.15) is 0 Å². The minimum absolute atomic E-state index is 0.0758. The number of rotatable bonds is 13. The minimum atomic E-state index is -0.0758. The van der Waals surface area contributed by atoms with Crippen molar-refractivity contribution in [3.8, 4) is 16.9 Å². The smallest absolute Gasteiger partial charge is 0.246 e. The largest absolute Gasteiger partial charge is 0.494 e. The van der Waals surface area contributed by atoms with Crippen LogP contribution in [-0.4, -0.2) is 19.1 Å². The first-order valence-electron chi connectivity index (χ1n) is 11.3. The van der Waals surface area contributed by atoms with E-state index in [0.29, 0.717) is 18.7 Å². The molecule has 2 aromatic rings. The fourth-order valence-corrected chi connectivity index (χ4v) is 3.43. The molecule has 0 aliphatic carbocycles. The van der Waals surface area contributed by atoms with Gasteiger partial charge in [0.25, 0.3) is 0 Å². The van der Waals surface area contributed by atoms with Crippen LogP contribution < -0.4 is 10.1 Å². The molecule has 0 saturated heterocycles. The molecule has 3 heteroatoms. The molecule has 2 aromatic carbocycles. The van der Waals surface area contributed by atoms with Crippen molar-refractivity contribution < 1.29 is 9.53 Å². The van der Waals surface area contributed by atoms with Crippen molar-refractivity contribution >= 4 is 5.91 Å². The van der Waals surface area contributed by atoms with Crippen molar-refractivity contribution in [1.82, 2.24) is 5.32 Å². The van der Waals surface area contributed by atoms with Crippen LogP contribution in [0.15, 0.2) is 54.6 Å². The topological polar surface area (TPSA) is 38.3 Å². The summed E-state index contributed by atoms with van der Waals surface area (Å²) in [5, 5.41) is 2.85. The van der Waals surface area contributed by atoms with Crippen LogP contribution in [0, 0.1) is 0 Å². The second-order valence-corrected chi connectivity index (χ2v) is 7.92. The first kappa shape index (κ1) is 23.7. The number of carbonyl (C=O) groups is 1. The number of nitrogens with one attached hydrogen (secondary N) is 1. The van der Waals surface area contributed by atoms with Crippen LogP contribution in [0.1, 0.15) is 64.0 Å². The number of amides is 1. The Balaban J connectivity index is 1.87. The predicted molar refractivity (Wildman–Crippen MR) is 127 cm³/mol. The molecule has 30 heavy (non-hydrogen) atoms. The molecular weight excluding hydrogens is 370 g/mol. The van der Waals surface area contributed by atoms with Crippen LogP contribution in [0.4, 0.5) is 0 Å². The van der Waals surface area contributed by atoms with E-state index in [-0.39, 0.29) is 5.91 Å². The maximum absolute atomic E-state index is 11.5. The lowest BCUT2D eigenvalue weighted by Crippen LogP contribution is -2.24. The molecular formula is C27H37NO2. The van der Waals surface area contributed by atoms with Crippen LogP contribution in [0.2, 0.25) is 0 Å². The van der Waals surface area contributed by atoms with E-state index in [1.165, 1.54) is 47.9 Å². The molecule has 162 valence electrons. The van der Waals surface area contributed by atoms with Crippen molar-refractivity contribution in [2.24, 2.45) is 0 Å². The Morgan fingerprint density at radius 1 is 1.00 bits per heavy atom. The van der Waals surface area contributed by atoms with Gasteiger partial charge in [0, 0.05) is 12.1 Å². The molecule has 0 aliphatic heterocycles. The highest BCUT2D eigenvalue weighted by Gasteiger charge is 2.07. The molecule has 0 heterocycles. The van der Waals surface area contributed by atoms with Crippen molar-refractivity contribution in [3.05, 3.63) is 65.7 Å². The quantitative estimate of drug-likeness (QED) is 0.304. The van der Waals surface area contributed by atoms with Gasteiger partial charge in [-0.05, 0) is 73.4 Å². The highest BCUT2D eigenvalue weighted by molar-refractivity contribution is 5.92. The monoisotopic (exact) mass is 407 g/mol. The molecule has 0 radical (unpaired) electrons. The van der Waals surface area contributed by atoms with E-state index < -0.39 is 0 Å². The minimum Gasteiger partial charge on any atom is -0.494 e. The zero-order chi connectivity index (χ0) is 21.8. The van der Waals surface area contributed by atoms with Crippen LogP contribution in [0.25, 0.3) is 11.1 Å². The van der Waals surface area contributed by atoms with Crippen LogP contribution in [-0.2, 0) is 17.6 Å². The molecule has 0 saturated carbocycles. The third-order valence-corrected chi connectivity index (χ3v) is 5.30. The molecule has 0 fully saturated rings. The summed E-state index contributed by atoms with van der Waals surface area (Å²) in [7, 11) is 0. The zero-order valence-electron chi connectivity index (χ0n) is 18.9. The maximum Gasteiger partial charge on any atom is 0.246 e. The molecule has 0 atom stereocenters. The van der Waals surface area contributed by atoms with Crippen molar-refractivity contribution in [2.75, 3.05) is 13.2 Å². The molecule has 0 aliphatic rings. The van der Waals surface area contributed by atoms with Crippen LogP contribution in [0.5, 0.6) is 5.75 Å². The third-order valence-electron chi connectivity index (χ3n) is 5.30. The van der Waals surface area contributed by atoms with E-state index in [0.717, 1.165) is 25.0 Å². The summed E-state index contributed by atoms with van der Waals surface area (Å²) >= 11 is 0. The Labute approximate surface area is 182 Å². The van der Waals surface area contributed by atoms with Gasteiger partial charge in [-0.3, -0.25) is 4.79 Å². The number of benzene rings is 2. The first-order valence-corrected chi connectivity index (χ1v) is 11.3. The van der Waals surface area contributed by atoms with Crippen LogP contribution >= 0.6 is 0 Å². The number of carbonyl (C=O) groups excluding carboxylic acids is 1. The maximum atomic E-state index is 11.5. The molecule has 0 aromatic heterocycles. The molecule has 0 spiro atoms. The number of unbranched alkanes of at least 4 members (excludes halogenated alkanes) is 3. The summed E-state index contributed by atoms with van der Waals surface area (Å²) in [6.07, 6.45) is 7.75. The Morgan fingerprint density at radius 2 is 1.77 bits per heavy atom. The Kier molecular flexibility index (Phi) is 10.2. The second-order valence-electron chi connectivity index (χ2n) is 7.92. The lowest BCUT2D eigenvalue weighted by atomic mass is 9.96. The lowest BCUT2D eigenvalue weighted by Gasteiger charge is -2.13. The predicted octanol–water partition coefficient (Wildman–Crippen LogP) is 6.50.